The molecule has 0 aromatic heterocycles. The molecule has 0 aliphatic rings. The monoisotopic (exact) mass is 258 g/mol. The van der Waals surface area contributed by atoms with E-state index in [4.69, 9.17) is 0 Å². The molecule has 0 spiro atoms. The third kappa shape index (κ3) is 2.65. The highest BCUT2D eigenvalue weighted by Crippen LogP contribution is 2.21. The van der Waals surface area contributed by atoms with Gasteiger partial charge in [0.1, 0.15) is 0 Å². The average Bonchev–Trinajstić information content (AvgIpc) is 2.48. The van der Waals surface area contributed by atoms with E-state index in [2.05, 4.69) is 86.7 Å². The van der Waals surface area contributed by atoms with Crippen LogP contribution in [0.3, 0.4) is 0 Å². The van der Waals surface area contributed by atoms with E-state index in [-0.39, 0.29) is 0 Å². The van der Waals surface area contributed by atoms with Crippen molar-refractivity contribution in [3.63, 3.8) is 0 Å². The molecule has 0 fully saturated rings. The normalized spacial score (nSPS) is 11.8. The Hall–Kier alpha value is -2.34. The summed E-state index contributed by atoms with van der Waals surface area (Å²) >= 11 is 0. The van der Waals surface area contributed by atoms with Crippen molar-refractivity contribution in [2.24, 2.45) is 0 Å². The quantitative estimate of drug-likeness (QED) is 0.516. The first-order chi connectivity index (χ1) is 9.72. The Kier molecular flexibility index (Phi) is 3.39. The van der Waals surface area contributed by atoms with E-state index in [9.17, 15) is 0 Å². The van der Waals surface area contributed by atoms with E-state index in [1.807, 2.05) is 0 Å². The Morgan fingerprint density at radius 2 is 1.50 bits per heavy atom. The summed E-state index contributed by atoms with van der Waals surface area (Å²) in [5.41, 5.74) is 5.12. The standard InChI is InChI=1S/C20H18/c1-15-7-10-18(11-8-15)16(2)13-17-9-12-19-5-3-4-6-20(19)14-17/h3-14H,1-2H3. The first kappa shape index (κ1) is 12.7. The smallest absolute Gasteiger partial charge is 0.0178 e. The van der Waals surface area contributed by atoms with Crippen LogP contribution >= 0.6 is 0 Å². The van der Waals surface area contributed by atoms with Crippen molar-refractivity contribution < 1.29 is 0 Å². The summed E-state index contributed by atoms with van der Waals surface area (Å²) in [6.07, 6.45) is 2.25. The minimum absolute atomic E-state index is 1.25. The molecular formula is C20H18. The van der Waals surface area contributed by atoms with E-state index in [1.165, 1.54) is 33.0 Å². The maximum absolute atomic E-state index is 2.25. The second kappa shape index (κ2) is 5.34. The van der Waals surface area contributed by atoms with Gasteiger partial charge >= 0.3 is 0 Å². The van der Waals surface area contributed by atoms with Crippen molar-refractivity contribution in [1.82, 2.24) is 0 Å². The molecule has 20 heavy (non-hydrogen) atoms. The fourth-order valence-electron chi connectivity index (χ4n) is 2.45. The molecule has 0 atom stereocenters. The third-order valence-corrected chi connectivity index (χ3v) is 3.66. The first-order valence-corrected chi connectivity index (χ1v) is 6.96. The molecule has 0 heterocycles. The van der Waals surface area contributed by atoms with Crippen LogP contribution < -0.4 is 0 Å². The molecule has 3 aromatic carbocycles. The van der Waals surface area contributed by atoms with Crippen molar-refractivity contribution in [2.75, 3.05) is 0 Å². The van der Waals surface area contributed by atoms with Crippen LogP contribution in [0.15, 0.2) is 66.7 Å². The highest BCUT2D eigenvalue weighted by molar-refractivity contribution is 5.88. The van der Waals surface area contributed by atoms with Crippen LogP contribution in [0.1, 0.15) is 23.6 Å². The number of benzene rings is 3. The van der Waals surface area contributed by atoms with Gasteiger partial charge in [-0.15, -0.1) is 0 Å². The maximum Gasteiger partial charge on any atom is -0.0178 e. The number of aryl methyl sites for hydroxylation is 1. The lowest BCUT2D eigenvalue weighted by Crippen LogP contribution is -1.81. The van der Waals surface area contributed by atoms with Crippen molar-refractivity contribution in [1.29, 1.82) is 0 Å². The Balaban J connectivity index is 1.98. The molecule has 0 nitrogen and oxygen atoms in total. The number of allylic oxidation sites excluding steroid dienone is 1. The van der Waals surface area contributed by atoms with Crippen molar-refractivity contribution in [3.05, 3.63) is 83.4 Å². The fourth-order valence-corrected chi connectivity index (χ4v) is 2.45. The summed E-state index contributed by atoms with van der Waals surface area (Å²) in [6.45, 7) is 4.28. The average molecular weight is 258 g/mol. The van der Waals surface area contributed by atoms with E-state index in [1.54, 1.807) is 0 Å². The Morgan fingerprint density at radius 3 is 2.25 bits per heavy atom. The molecule has 3 rings (SSSR count). The minimum atomic E-state index is 1.25. The molecule has 3 aromatic rings. The molecule has 0 N–H and O–H groups in total. The van der Waals surface area contributed by atoms with Gasteiger partial charge in [0.05, 0.1) is 0 Å². The van der Waals surface area contributed by atoms with Gasteiger partial charge in [0, 0.05) is 0 Å². The van der Waals surface area contributed by atoms with Gasteiger partial charge in [-0.1, -0.05) is 72.3 Å². The Bertz CT molecular complexity index is 761. The molecule has 0 unspecified atom stereocenters. The maximum atomic E-state index is 2.25. The SMILES string of the molecule is CC(=Cc1ccc2ccccc2c1)c1ccc(C)cc1. The third-order valence-electron chi connectivity index (χ3n) is 3.66. The van der Waals surface area contributed by atoms with Crippen LogP contribution in [0.4, 0.5) is 0 Å². The van der Waals surface area contributed by atoms with Crippen LogP contribution in [0.2, 0.25) is 0 Å². The van der Waals surface area contributed by atoms with Crippen molar-refractivity contribution >= 4 is 22.4 Å². The Labute approximate surface area is 120 Å². The van der Waals surface area contributed by atoms with Gasteiger partial charge < -0.3 is 0 Å². The molecule has 0 saturated carbocycles. The largest absolute Gasteiger partial charge is 0.0616 e. The molecule has 0 saturated heterocycles. The number of hydrogen-bond acceptors (Lipinski definition) is 0. The zero-order valence-electron chi connectivity index (χ0n) is 11.9. The summed E-state index contributed by atoms with van der Waals surface area (Å²) in [4.78, 5) is 0. The number of hydrogen-bond donors (Lipinski definition) is 0. The molecular weight excluding hydrogens is 240 g/mol. The topological polar surface area (TPSA) is 0 Å². The van der Waals surface area contributed by atoms with Crippen LogP contribution in [-0.4, -0.2) is 0 Å². The highest BCUT2D eigenvalue weighted by atomic mass is 14.0. The zero-order valence-corrected chi connectivity index (χ0v) is 11.9. The van der Waals surface area contributed by atoms with Crippen LogP contribution in [0.5, 0.6) is 0 Å². The van der Waals surface area contributed by atoms with Gasteiger partial charge in [0.15, 0.2) is 0 Å². The lowest BCUT2D eigenvalue weighted by Gasteiger charge is -2.04. The fraction of sp³-hybridized carbons (Fsp3) is 0.100. The molecule has 0 aliphatic heterocycles. The summed E-state index contributed by atoms with van der Waals surface area (Å²) < 4.78 is 0. The predicted octanol–water partition coefficient (Wildman–Crippen LogP) is 5.71. The number of fused-ring (bicyclic) bond motifs is 1. The molecule has 0 heteroatoms. The van der Waals surface area contributed by atoms with Crippen LogP contribution in [0.25, 0.3) is 22.4 Å². The molecule has 0 bridgehead atoms. The van der Waals surface area contributed by atoms with Gasteiger partial charge in [-0.05, 0) is 47.4 Å². The molecule has 0 radical (unpaired) electrons. The molecule has 98 valence electrons. The predicted molar refractivity (Wildman–Crippen MR) is 88.7 cm³/mol. The number of rotatable bonds is 2. The van der Waals surface area contributed by atoms with Crippen molar-refractivity contribution in [3.8, 4) is 0 Å². The van der Waals surface area contributed by atoms with Crippen LogP contribution in [0, 0.1) is 6.92 Å². The van der Waals surface area contributed by atoms with Gasteiger partial charge in [-0.2, -0.15) is 0 Å². The second-order valence-electron chi connectivity index (χ2n) is 5.30. The van der Waals surface area contributed by atoms with E-state index in [0.29, 0.717) is 0 Å². The van der Waals surface area contributed by atoms with E-state index < -0.39 is 0 Å². The molecule has 0 amide bonds. The lowest BCUT2D eigenvalue weighted by molar-refractivity contribution is 1.45. The lowest BCUT2D eigenvalue weighted by atomic mass is 10.0. The first-order valence-electron chi connectivity index (χ1n) is 6.96. The van der Waals surface area contributed by atoms with E-state index >= 15 is 0 Å². The van der Waals surface area contributed by atoms with Gasteiger partial charge in [0.2, 0.25) is 0 Å². The van der Waals surface area contributed by atoms with E-state index in [0.717, 1.165) is 0 Å². The van der Waals surface area contributed by atoms with Crippen LogP contribution in [-0.2, 0) is 0 Å². The molecule has 0 aliphatic carbocycles. The van der Waals surface area contributed by atoms with Gasteiger partial charge in [-0.25, -0.2) is 0 Å². The van der Waals surface area contributed by atoms with Crippen molar-refractivity contribution in [2.45, 2.75) is 13.8 Å². The highest BCUT2D eigenvalue weighted by Gasteiger charge is 1.97. The van der Waals surface area contributed by atoms with Gasteiger partial charge in [0.25, 0.3) is 0 Å². The second-order valence-corrected chi connectivity index (χ2v) is 5.30. The summed E-state index contributed by atoms with van der Waals surface area (Å²) in [5, 5.41) is 2.58. The van der Waals surface area contributed by atoms with Gasteiger partial charge in [-0.3, -0.25) is 0 Å². The Morgan fingerprint density at radius 1 is 0.800 bits per heavy atom. The summed E-state index contributed by atoms with van der Waals surface area (Å²) in [7, 11) is 0. The zero-order chi connectivity index (χ0) is 13.9. The minimum Gasteiger partial charge on any atom is -0.0616 e. The summed E-state index contributed by atoms with van der Waals surface area (Å²) in [6, 6.07) is 23.8. The summed E-state index contributed by atoms with van der Waals surface area (Å²) in [5.74, 6) is 0.